The Bertz CT molecular complexity index is 1320. The van der Waals surface area contributed by atoms with E-state index in [4.69, 9.17) is 23.2 Å². The van der Waals surface area contributed by atoms with Gasteiger partial charge in [-0.05, 0) is 23.8 Å². The number of aromatic nitrogens is 1. The third kappa shape index (κ3) is 4.01. The molecule has 1 fully saturated rings. The highest BCUT2D eigenvalue weighted by atomic mass is 35.5. The molecular weight excluding hydrogens is 499 g/mol. The predicted molar refractivity (Wildman–Crippen MR) is 126 cm³/mol. The Balaban J connectivity index is 1.97. The molecule has 2 heterocycles. The van der Waals surface area contributed by atoms with Crippen molar-refractivity contribution in [3.63, 3.8) is 0 Å². The summed E-state index contributed by atoms with van der Waals surface area (Å²) in [6, 6.07) is 11.2. The fourth-order valence-electron chi connectivity index (χ4n) is 3.91. The van der Waals surface area contributed by atoms with Crippen LogP contribution >= 0.6 is 33.8 Å². The molecule has 8 nitrogen and oxygen atoms in total. The highest BCUT2D eigenvalue weighted by Crippen LogP contribution is 2.50. The van der Waals surface area contributed by atoms with Crippen LogP contribution in [0.3, 0.4) is 0 Å². The lowest BCUT2D eigenvalue weighted by Crippen LogP contribution is -2.45. The van der Waals surface area contributed by atoms with Crippen molar-refractivity contribution in [2.45, 2.75) is 16.0 Å². The van der Waals surface area contributed by atoms with E-state index in [0.717, 1.165) is 0 Å². The van der Waals surface area contributed by atoms with E-state index in [1.165, 1.54) is 10.6 Å². The minimum absolute atomic E-state index is 0.0215. The van der Waals surface area contributed by atoms with Crippen molar-refractivity contribution in [1.29, 1.82) is 0 Å². The molecule has 1 aromatic heterocycles. The molecule has 3 aromatic rings. The van der Waals surface area contributed by atoms with Crippen LogP contribution in [0.4, 0.5) is 0 Å². The normalized spacial score (nSPS) is 19.7. The summed E-state index contributed by atoms with van der Waals surface area (Å²) in [4.78, 5) is 11.9. The van der Waals surface area contributed by atoms with Gasteiger partial charge in [-0.15, -0.1) is 0 Å². The van der Waals surface area contributed by atoms with Crippen LogP contribution in [0.1, 0.15) is 16.1 Å². The van der Waals surface area contributed by atoms with Gasteiger partial charge in [0.05, 0.1) is 21.3 Å². The van der Waals surface area contributed by atoms with Crippen molar-refractivity contribution < 1.29 is 27.4 Å². The van der Waals surface area contributed by atoms with Crippen LogP contribution < -0.4 is 5.32 Å². The van der Waals surface area contributed by atoms with Gasteiger partial charge in [0.2, 0.25) is 9.84 Å². The minimum atomic E-state index is -4.43. The van der Waals surface area contributed by atoms with Crippen LogP contribution in [-0.4, -0.2) is 56.6 Å². The maximum Gasteiger partial charge on any atom is 0.353 e. The van der Waals surface area contributed by atoms with Crippen molar-refractivity contribution >= 4 is 60.5 Å². The minimum Gasteiger partial charge on any atom is -0.477 e. The predicted octanol–water partition coefficient (Wildman–Crippen LogP) is 4.15. The molecule has 4 rings (SSSR count). The van der Waals surface area contributed by atoms with Crippen LogP contribution in [0.15, 0.2) is 47.4 Å². The molecule has 1 saturated heterocycles. The van der Waals surface area contributed by atoms with Gasteiger partial charge in [0.1, 0.15) is 10.6 Å². The standard InChI is InChI=1S/C20H20Cl2N2O6S2/c21-14-6-5-12(9-15(14)22)11-24-16-4-2-1-3-13(16)19(18(24)20(25)26)32(29,30)17-10-23-7-8-31(17,27)28/h1-6,9,17,23,27-28H,7-8,10-11H2,(H,25,26). The second-order valence-electron chi connectivity index (χ2n) is 7.43. The maximum absolute atomic E-state index is 13.7. The maximum atomic E-state index is 13.7. The Morgan fingerprint density at radius 2 is 1.88 bits per heavy atom. The molecule has 0 amide bonds. The smallest absolute Gasteiger partial charge is 0.353 e. The Labute approximate surface area is 196 Å². The van der Waals surface area contributed by atoms with Crippen molar-refractivity contribution in [2.24, 2.45) is 0 Å². The Morgan fingerprint density at radius 1 is 1.16 bits per heavy atom. The number of aromatic carboxylic acids is 1. The Kier molecular flexibility index (Phi) is 6.23. The number of carbonyl (C=O) groups is 1. The van der Waals surface area contributed by atoms with Gasteiger partial charge in [0.15, 0.2) is 4.58 Å². The van der Waals surface area contributed by atoms with Gasteiger partial charge in [-0.2, -0.15) is 10.6 Å². The lowest BCUT2D eigenvalue weighted by atomic mass is 10.2. The number of halogens is 2. The number of sulfone groups is 1. The van der Waals surface area contributed by atoms with Gasteiger partial charge in [-0.25, -0.2) is 13.2 Å². The summed E-state index contributed by atoms with van der Waals surface area (Å²) in [5.74, 6) is -1.57. The van der Waals surface area contributed by atoms with E-state index in [1.54, 1.807) is 36.4 Å². The average molecular weight is 519 g/mol. The molecule has 12 heteroatoms. The average Bonchev–Trinajstić information content (AvgIpc) is 3.05. The van der Waals surface area contributed by atoms with Gasteiger partial charge < -0.3 is 15.0 Å². The number of nitrogens with one attached hydrogen (secondary N) is 1. The topological polar surface area (TPSA) is 129 Å². The van der Waals surface area contributed by atoms with Crippen molar-refractivity contribution in [2.75, 3.05) is 18.8 Å². The molecule has 0 spiro atoms. The first kappa shape index (κ1) is 23.4. The highest BCUT2D eigenvalue weighted by Gasteiger charge is 2.44. The number of hydrogen-bond acceptors (Lipinski definition) is 6. The number of para-hydroxylation sites is 1. The first-order valence-corrected chi connectivity index (χ1v) is 13.6. The van der Waals surface area contributed by atoms with E-state index >= 15 is 0 Å². The molecule has 0 bridgehead atoms. The summed E-state index contributed by atoms with van der Waals surface area (Å²) in [7, 11) is -7.92. The number of carboxylic acids is 1. The van der Waals surface area contributed by atoms with Crippen LogP contribution in [0.2, 0.25) is 10.0 Å². The summed E-state index contributed by atoms with van der Waals surface area (Å²) in [6.07, 6.45) is 0. The number of nitrogens with zero attached hydrogens (tertiary/aromatic N) is 1. The SMILES string of the molecule is O=C(O)c1c(S(=O)(=O)C2CNCCS2(O)O)c2ccccc2n1Cc1ccc(Cl)c(Cl)c1. The zero-order valence-electron chi connectivity index (χ0n) is 16.5. The molecule has 2 aromatic carbocycles. The molecule has 0 radical (unpaired) electrons. The van der Waals surface area contributed by atoms with E-state index in [2.05, 4.69) is 5.32 Å². The van der Waals surface area contributed by atoms with Crippen molar-refractivity contribution in [3.05, 3.63) is 63.8 Å². The largest absolute Gasteiger partial charge is 0.477 e. The second-order valence-corrected chi connectivity index (χ2v) is 13.0. The first-order valence-electron chi connectivity index (χ1n) is 9.52. The van der Waals surface area contributed by atoms with Crippen LogP contribution in [-0.2, 0) is 16.4 Å². The number of rotatable bonds is 5. The third-order valence-electron chi connectivity index (χ3n) is 5.39. The fraction of sp³-hybridized carbons (Fsp3) is 0.250. The molecule has 1 atom stereocenters. The second kappa shape index (κ2) is 8.53. The zero-order valence-corrected chi connectivity index (χ0v) is 19.7. The molecule has 4 N–H and O–H groups in total. The monoisotopic (exact) mass is 518 g/mol. The number of benzene rings is 2. The molecule has 172 valence electrons. The molecular formula is C20H20Cl2N2O6S2. The van der Waals surface area contributed by atoms with E-state index in [0.29, 0.717) is 16.1 Å². The highest BCUT2D eigenvalue weighted by molar-refractivity contribution is 8.31. The van der Waals surface area contributed by atoms with E-state index < -0.39 is 41.6 Å². The molecule has 32 heavy (non-hydrogen) atoms. The lowest BCUT2D eigenvalue weighted by molar-refractivity contribution is 0.0681. The van der Waals surface area contributed by atoms with Crippen molar-refractivity contribution in [3.8, 4) is 0 Å². The lowest BCUT2D eigenvalue weighted by Gasteiger charge is -2.42. The number of carboxylic acid groups (broad SMARTS) is 1. The van der Waals surface area contributed by atoms with Gasteiger partial charge in [0.25, 0.3) is 0 Å². The summed E-state index contributed by atoms with van der Waals surface area (Å²) >= 11 is 12.1. The number of fused-ring (bicyclic) bond motifs is 1. The van der Waals surface area contributed by atoms with Gasteiger partial charge >= 0.3 is 5.97 Å². The summed E-state index contributed by atoms with van der Waals surface area (Å²) in [6.45, 7) is 0.100. The van der Waals surface area contributed by atoms with Crippen LogP contribution in [0.25, 0.3) is 10.9 Å². The fourth-order valence-corrected chi connectivity index (χ4v) is 9.07. The molecule has 0 aliphatic carbocycles. The van der Waals surface area contributed by atoms with Crippen LogP contribution in [0, 0.1) is 0 Å². The summed E-state index contributed by atoms with van der Waals surface area (Å²) in [5.41, 5.74) is 0.558. The van der Waals surface area contributed by atoms with Gasteiger partial charge in [0, 0.05) is 25.0 Å². The summed E-state index contributed by atoms with van der Waals surface area (Å²) in [5, 5.41) is 13.7. The Morgan fingerprint density at radius 3 is 2.53 bits per heavy atom. The van der Waals surface area contributed by atoms with Gasteiger partial charge in [-0.3, -0.25) is 9.11 Å². The quantitative estimate of drug-likeness (QED) is 0.399. The number of hydrogen-bond donors (Lipinski definition) is 4. The van der Waals surface area contributed by atoms with Crippen LogP contribution in [0.5, 0.6) is 0 Å². The molecule has 1 unspecified atom stereocenters. The first-order chi connectivity index (χ1) is 15.0. The molecule has 0 saturated carbocycles. The van der Waals surface area contributed by atoms with Crippen molar-refractivity contribution in [1.82, 2.24) is 9.88 Å². The Hall–Kier alpha value is -1.79. The van der Waals surface area contributed by atoms with E-state index in [9.17, 15) is 27.4 Å². The third-order valence-corrected chi connectivity index (χ3v) is 11.5. The van der Waals surface area contributed by atoms with E-state index in [-0.39, 0.29) is 35.8 Å². The molecule has 1 aliphatic heterocycles. The van der Waals surface area contributed by atoms with Gasteiger partial charge in [-0.1, -0.05) is 47.5 Å². The molecule has 1 aliphatic rings. The van der Waals surface area contributed by atoms with E-state index in [1.807, 2.05) is 0 Å². The summed E-state index contributed by atoms with van der Waals surface area (Å²) < 4.78 is 48.1. The zero-order chi connectivity index (χ0) is 23.3.